The van der Waals surface area contributed by atoms with E-state index in [-0.39, 0.29) is 23.8 Å². The van der Waals surface area contributed by atoms with Crippen LogP contribution in [0.5, 0.6) is 0 Å². The maximum absolute atomic E-state index is 12.6. The van der Waals surface area contributed by atoms with Crippen LogP contribution in [0.1, 0.15) is 49.7 Å². The lowest BCUT2D eigenvalue weighted by Gasteiger charge is -2.29. The van der Waals surface area contributed by atoms with Gasteiger partial charge in [-0.25, -0.2) is 9.50 Å². The smallest absolute Gasteiger partial charge is 0.294 e. The van der Waals surface area contributed by atoms with E-state index in [4.69, 9.17) is 0 Å². The summed E-state index contributed by atoms with van der Waals surface area (Å²) in [4.78, 5) is 22.9. The van der Waals surface area contributed by atoms with E-state index in [9.17, 15) is 4.79 Å². The lowest BCUT2D eigenvalue weighted by molar-refractivity contribution is 0.0631. The Labute approximate surface area is 118 Å². The second-order valence-corrected chi connectivity index (χ2v) is 5.59. The van der Waals surface area contributed by atoms with Gasteiger partial charge in [-0.05, 0) is 47.6 Å². The Balaban J connectivity index is 2.47. The van der Waals surface area contributed by atoms with Crippen molar-refractivity contribution in [1.29, 1.82) is 0 Å². The Morgan fingerprint density at radius 1 is 1.15 bits per heavy atom. The van der Waals surface area contributed by atoms with E-state index in [1.54, 1.807) is 9.42 Å². The number of nitrogens with zero attached hydrogens (tertiary/aromatic N) is 5. The van der Waals surface area contributed by atoms with Crippen molar-refractivity contribution < 1.29 is 4.79 Å². The molecule has 0 fully saturated rings. The van der Waals surface area contributed by atoms with Crippen LogP contribution < -0.4 is 0 Å². The molecule has 0 spiro atoms. The van der Waals surface area contributed by atoms with E-state index in [1.165, 1.54) is 0 Å². The molecule has 2 heterocycles. The number of rotatable bonds is 3. The summed E-state index contributed by atoms with van der Waals surface area (Å²) < 4.78 is 1.61. The molecule has 6 nitrogen and oxygen atoms in total. The SMILES string of the molecule is Cc1cc(C)n2nc(C(=O)N(C(C)C)C(C)C)nc2n1. The Morgan fingerprint density at radius 2 is 1.75 bits per heavy atom. The number of fused-ring (bicyclic) bond motifs is 1. The monoisotopic (exact) mass is 275 g/mol. The Kier molecular flexibility index (Phi) is 3.74. The minimum absolute atomic E-state index is 0.102. The van der Waals surface area contributed by atoms with Gasteiger partial charge in [0.25, 0.3) is 11.7 Å². The maximum Gasteiger partial charge on any atom is 0.294 e. The van der Waals surface area contributed by atoms with Gasteiger partial charge in [0.15, 0.2) is 0 Å². The maximum atomic E-state index is 12.6. The molecule has 0 aliphatic rings. The van der Waals surface area contributed by atoms with Gasteiger partial charge < -0.3 is 4.90 Å². The molecule has 0 atom stereocenters. The molecule has 0 bridgehead atoms. The second kappa shape index (κ2) is 5.19. The molecule has 20 heavy (non-hydrogen) atoms. The Bertz CT molecular complexity index is 636. The van der Waals surface area contributed by atoms with Crippen molar-refractivity contribution in [3.63, 3.8) is 0 Å². The summed E-state index contributed by atoms with van der Waals surface area (Å²) in [5.41, 5.74) is 1.78. The van der Waals surface area contributed by atoms with Crippen molar-refractivity contribution in [2.75, 3.05) is 0 Å². The topological polar surface area (TPSA) is 63.4 Å². The molecule has 0 saturated heterocycles. The average Bonchev–Trinajstić information content (AvgIpc) is 2.71. The van der Waals surface area contributed by atoms with Gasteiger partial charge in [-0.3, -0.25) is 4.79 Å². The molecule has 108 valence electrons. The van der Waals surface area contributed by atoms with Crippen molar-refractivity contribution in [3.05, 3.63) is 23.3 Å². The number of hydrogen-bond donors (Lipinski definition) is 0. The minimum atomic E-state index is -0.155. The van der Waals surface area contributed by atoms with Crippen molar-refractivity contribution in [2.24, 2.45) is 0 Å². The van der Waals surface area contributed by atoms with Crippen LogP contribution >= 0.6 is 0 Å². The fourth-order valence-corrected chi connectivity index (χ4v) is 2.44. The molecule has 6 heteroatoms. The van der Waals surface area contributed by atoms with Crippen LogP contribution in [0.15, 0.2) is 6.07 Å². The van der Waals surface area contributed by atoms with Crippen LogP contribution in [0, 0.1) is 13.8 Å². The van der Waals surface area contributed by atoms with Crippen LogP contribution in [0.4, 0.5) is 0 Å². The predicted octanol–water partition coefficient (Wildman–Crippen LogP) is 2.00. The minimum Gasteiger partial charge on any atom is -0.331 e. The van der Waals surface area contributed by atoms with Crippen molar-refractivity contribution in [3.8, 4) is 0 Å². The largest absolute Gasteiger partial charge is 0.331 e. The van der Waals surface area contributed by atoms with E-state index >= 15 is 0 Å². The van der Waals surface area contributed by atoms with Gasteiger partial charge in [0.1, 0.15) is 0 Å². The highest BCUT2D eigenvalue weighted by atomic mass is 16.2. The first-order chi connectivity index (χ1) is 9.31. The normalized spacial score (nSPS) is 11.6. The van der Waals surface area contributed by atoms with Gasteiger partial charge in [0.2, 0.25) is 5.82 Å². The average molecular weight is 275 g/mol. The fraction of sp³-hybridized carbons (Fsp3) is 0.571. The van der Waals surface area contributed by atoms with Gasteiger partial charge in [-0.15, -0.1) is 5.10 Å². The van der Waals surface area contributed by atoms with Crippen LogP contribution in [-0.2, 0) is 0 Å². The molecular formula is C14H21N5O. The summed E-state index contributed by atoms with van der Waals surface area (Å²) in [5, 5.41) is 4.29. The summed E-state index contributed by atoms with van der Waals surface area (Å²) in [7, 11) is 0. The Morgan fingerprint density at radius 3 is 2.30 bits per heavy atom. The molecule has 0 aliphatic carbocycles. The number of aryl methyl sites for hydroxylation is 2. The molecule has 0 saturated carbocycles. The molecule has 1 amide bonds. The van der Waals surface area contributed by atoms with Crippen LogP contribution in [0.25, 0.3) is 5.78 Å². The molecule has 2 aromatic heterocycles. The standard InChI is InChI=1S/C14H21N5O/c1-8(2)18(9(3)4)13(20)12-16-14-15-10(5)7-11(6)19(14)17-12/h7-9H,1-6H3. The second-order valence-electron chi connectivity index (χ2n) is 5.59. The van der Waals surface area contributed by atoms with Gasteiger partial charge >= 0.3 is 0 Å². The molecule has 2 aromatic rings. The van der Waals surface area contributed by atoms with Gasteiger partial charge in [-0.1, -0.05) is 0 Å². The van der Waals surface area contributed by atoms with Crippen molar-refractivity contribution >= 4 is 11.7 Å². The van der Waals surface area contributed by atoms with Gasteiger partial charge in [-0.2, -0.15) is 4.98 Å². The molecule has 2 rings (SSSR count). The lowest BCUT2D eigenvalue weighted by atomic mass is 10.2. The zero-order valence-corrected chi connectivity index (χ0v) is 12.9. The highest BCUT2D eigenvalue weighted by Gasteiger charge is 2.25. The number of aromatic nitrogens is 4. The van der Waals surface area contributed by atoms with E-state index in [1.807, 2.05) is 47.6 Å². The lowest BCUT2D eigenvalue weighted by Crippen LogP contribution is -2.42. The number of carbonyl (C=O) groups is 1. The Hall–Kier alpha value is -1.98. The van der Waals surface area contributed by atoms with Crippen molar-refractivity contribution in [1.82, 2.24) is 24.5 Å². The third-order valence-electron chi connectivity index (χ3n) is 3.16. The fourth-order valence-electron chi connectivity index (χ4n) is 2.44. The predicted molar refractivity (Wildman–Crippen MR) is 76.7 cm³/mol. The third-order valence-corrected chi connectivity index (χ3v) is 3.16. The molecule has 0 unspecified atom stereocenters. The molecule has 0 radical (unpaired) electrons. The first-order valence-electron chi connectivity index (χ1n) is 6.85. The number of amides is 1. The van der Waals surface area contributed by atoms with Gasteiger partial charge in [0, 0.05) is 23.5 Å². The van der Waals surface area contributed by atoms with Crippen LogP contribution in [0.2, 0.25) is 0 Å². The van der Waals surface area contributed by atoms with E-state index in [0.717, 1.165) is 11.4 Å². The third kappa shape index (κ3) is 2.50. The number of hydrogen-bond acceptors (Lipinski definition) is 4. The molecular weight excluding hydrogens is 254 g/mol. The first-order valence-corrected chi connectivity index (χ1v) is 6.85. The first kappa shape index (κ1) is 14.4. The summed E-state index contributed by atoms with van der Waals surface area (Å²) in [6.07, 6.45) is 0. The zero-order valence-electron chi connectivity index (χ0n) is 12.9. The van der Waals surface area contributed by atoms with Crippen LogP contribution in [-0.4, -0.2) is 42.5 Å². The van der Waals surface area contributed by atoms with Crippen molar-refractivity contribution in [2.45, 2.75) is 53.6 Å². The quantitative estimate of drug-likeness (QED) is 0.859. The summed E-state index contributed by atoms with van der Waals surface area (Å²) in [6.45, 7) is 11.8. The molecule has 0 N–H and O–H groups in total. The molecule has 0 aromatic carbocycles. The summed E-state index contributed by atoms with van der Waals surface area (Å²) >= 11 is 0. The van der Waals surface area contributed by atoms with E-state index in [2.05, 4.69) is 15.1 Å². The highest BCUT2D eigenvalue weighted by Crippen LogP contribution is 2.11. The summed E-state index contributed by atoms with van der Waals surface area (Å²) in [5.74, 6) is 0.518. The summed E-state index contributed by atoms with van der Waals surface area (Å²) in [6, 6.07) is 2.12. The molecule has 0 aliphatic heterocycles. The highest BCUT2D eigenvalue weighted by molar-refractivity contribution is 5.91. The van der Waals surface area contributed by atoms with E-state index < -0.39 is 0 Å². The van der Waals surface area contributed by atoms with E-state index in [0.29, 0.717) is 5.78 Å². The van der Waals surface area contributed by atoms with Crippen LogP contribution in [0.3, 0.4) is 0 Å². The zero-order chi connectivity index (χ0) is 15.0. The number of carbonyl (C=O) groups excluding carboxylic acids is 1. The van der Waals surface area contributed by atoms with Gasteiger partial charge in [0.05, 0.1) is 0 Å².